The molecule has 0 fully saturated rings. The molecule has 6 heterocycles. The number of rotatable bonds is 17. The van der Waals surface area contributed by atoms with Crippen LogP contribution in [0.4, 0.5) is 0 Å². The number of hydrogen-bond acceptors (Lipinski definition) is 12. The summed E-state index contributed by atoms with van der Waals surface area (Å²) in [7, 11) is 0. The molecule has 9 aromatic carbocycles. The van der Waals surface area contributed by atoms with Gasteiger partial charge in [0.25, 0.3) is 0 Å². The summed E-state index contributed by atoms with van der Waals surface area (Å²) in [5.74, 6) is 4.66. The molecule has 3 N–H and O–H groups in total. The van der Waals surface area contributed by atoms with Gasteiger partial charge in [-0.3, -0.25) is 29.3 Å². The van der Waals surface area contributed by atoms with Crippen LogP contribution in [-0.2, 0) is 74.7 Å². The third-order valence-electron chi connectivity index (χ3n) is 19.0. The molecule has 0 spiro atoms. The van der Waals surface area contributed by atoms with Crippen molar-refractivity contribution < 1.29 is 103 Å². The average molecular weight is 2130 g/mol. The number of nitrogens with zero attached hydrogens (tertiary/aromatic N) is 3. The van der Waals surface area contributed by atoms with E-state index in [1.165, 1.54) is 110 Å². The number of allylic oxidation sites excluding steroid dienone is 6. The SMILES string of the molecule is CC(=O)C=C(C)O.CC(=O)C=C(C)O.CC(=O)C=C(C)O.CC(C)c1cc(-c2cc3nc(-c4[c-]ccc(-c5ccccc5)c4)ccc3o2)cc(C(C)C)c1.CC(C)c1ccc(-c2cc3nc(-c4[c-]ccc(-c5ccccc5)c4)ccc3o2)cc1.CC(C)c1cccc(C(C)C)c1-c1cc2nc(-c3[c-]ccc(-c4ccccc4)c3)ccc2o1.[Ir].[Ir].[Ir]. The predicted octanol–water partition coefficient (Wildman–Crippen LogP) is 28.6. The van der Waals surface area contributed by atoms with E-state index in [-0.39, 0.29) is 94.9 Å². The Morgan fingerprint density at radius 3 is 0.900 bits per heavy atom. The summed E-state index contributed by atoms with van der Waals surface area (Å²) in [6.07, 6.45) is 3.50. The maximum absolute atomic E-state index is 10.0. The van der Waals surface area contributed by atoms with Gasteiger partial charge in [-0.1, -0.05) is 227 Å². The minimum atomic E-state index is -0.125. The van der Waals surface area contributed by atoms with Crippen molar-refractivity contribution in [2.75, 3.05) is 0 Å². The van der Waals surface area contributed by atoms with Crippen molar-refractivity contribution in [1.29, 1.82) is 0 Å². The normalized spacial score (nSPS) is 11.2. The van der Waals surface area contributed by atoms with Crippen LogP contribution in [0.2, 0.25) is 0 Å². The molecule has 12 nitrogen and oxygen atoms in total. The average Bonchev–Trinajstić information content (AvgIpc) is 1.61. The number of aliphatic hydroxyl groups is 3. The molecule has 6 aromatic heterocycles. The summed E-state index contributed by atoms with van der Waals surface area (Å²) in [6.45, 7) is 30.8. The second-order valence-corrected chi connectivity index (χ2v) is 30.4. The van der Waals surface area contributed by atoms with Crippen molar-refractivity contribution in [1.82, 2.24) is 15.0 Å². The summed E-state index contributed by atoms with van der Waals surface area (Å²) in [5.41, 5.74) is 27.6. The number of pyridine rings is 3. The van der Waals surface area contributed by atoms with E-state index in [1.807, 2.05) is 78.9 Å². The van der Waals surface area contributed by atoms with Crippen LogP contribution in [0.25, 0.3) is 134 Å². The molecule has 15 aromatic rings. The number of carbonyl (C=O) groups excluding carboxylic acids is 3. The predicted molar refractivity (Wildman–Crippen MR) is 479 cm³/mol. The second-order valence-electron chi connectivity index (χ2n) is 30.4. The molecule has 0 bridgehead atoms. The van der Waals surface area contributed by atoms with Crippen molar-refractivity contribution >= 4 is 50.6 Å². The number of carbonyl (C=O) groups is 3. The fraction of sp³-hybridized carbons (Fsp3) is 0.200. The van der Waals surface area contributed by atoms with Crippen molar-refractivity contribution in [3.05, 3.63) is 342 Å². The molecule has 0 aliphatic carbocycles. The minimum Gasteiger partial charge on any atom is -0.512 e. The van der Waals surface area contributed by atoms with Gasteiger partial charge in [-0.2, -0.15) is 0 Å². The molecule has 15 rings (SSSR count). The van der Waals surface area contributed by atoms with Gasteiger partial charge in [0.2, 0.25) is 0 Å². The minimum absolute atomic E-state index is 0. The smallest absolute Gasteiger partial charge is 0.155 e. The number of aromatic nitrogens is 3. The Morgan fingerprint density at radius 1 is 0.300 bits per heavy atom. The third kappa shape index (κ3) is 27.1. The summed E-state index contributed by atoms with van der Waals surface area (Å²) in [5, 5.41) is 25.1. The van der Waals surface area contributed by atoms with E-state index >= 15 is 0 Å². The molecule has 0 unspecified atom stereocenters. The Hall–Kier alpha value is -11.4. The van der Waals surface area contributed by atoms with Gasteiger partial charge >= 0.3 is 0 Å². The van der Waals surface area contributed by atoms with Gasteiger partial charge in [0.15, 0.2) is 34.1 Å². The standard InChI is InChI=1S/2C31H28NO.C28H22NO.3C5H8O2.3Ir/c1-20(2)25-14-9-15-26(21(3)4)31(25)30-19-28-29(33-30)17-16-27(32-28)24-13-8-12-23(18-24)22-10-6-5-7-11-22;1-20(2)25-16-26(21(3)4)18-27(17-25)31-19-29-30(33-31)14-13-28(32-29)24-12-8-11-23(15-24)22-9-6-5-7-10-22;1-19(2)20-11-13-22(14-12-20)28-18-26-27(30-28)16-15-25(29-26)24-10-6-9-23(17-24)21-7-4-3-5-8-21;3*1-4(6)3-5(2)7;;;/h5-12,14-21H,1-4H3;5-11,13-21H,1-4H3;3-9,11-19H,1-2H3;3*3,6H,1-2H3;;;/q3*-1;;;;;;. The van der Waals surface area contributed by atoms with Crippen LogP contribution < -0.4 is 0 Å². The van der Waals surface area contributed by atoms with Crippen LogP contribution in [0.1, 0.15) is 168 Å². The number of ketones is 3. The molecule has 15 heteroatoms. The van der Waals surface area contributed by atoms with E-state index in [0.29, 0.717) is 29.6 Å². The Bertz CT molecular complexity index is 5860. The first-order chi connectivity index (χ1) is 56.0. The first kappa shape index (κ1) is 95.8. The zero-order valence-electron chi connectivity index (χ0n) is 70.6. The Kier molecular flexibility index (Phi) is 36.5. The Morgan fingerprint density at radius 2 is 0.608 bits per heavy atom. The fourth-order valence-corrected chi connectivity index (χ4v) is 13.1. The monoisotopic (exact) mass is 2130 g/mol. The molecule has 0 aliphatic rings. The number of aliphatic hydroxyl groups excluding tert-OH is 3. The van der Waals surface area contributed by atoms with E-state index in [1.54, 1.807) is 0 Å². The molecule has 0 atom stereocenters. The molecular formula is C105H102Ir3N3O9-3. The van der Waals surface area contributed by atoms with Gasteiger partial charge in [-0.15, -0.1) is 106 Å². The van der Waals surface area contributed by atoms with Crippen molar-refractivity contribution in [3.8, 4) is 101 Å². The van der Waals surface area contributed by atoms with E-state index in [2.05, 4.69) is 269 Å². The van der Waals surface area contributed by atoms with Gasteiger partial charge in [-0.25, -0.2) is 0 Å². The van der Waals surface area contributed by atoms with E-state index in [0.717, 1.165) is 112 Å². The van der Waals surface area contributed by atoms with Gasteiger partial charge in [0.1, 0.15) is 17.3 Å². The molecule has 0 saturated heterocycles. The molecule has 0 saturated carbocycles. The maximum atomic E-state index is 10.0. The number of fused-ring (bicyclic) bond motifs is 3. The van der Waals surface area contributed by atoms with Crippen LogP contribution in [0.5, 0.6) is 0 Å². The summed E-state index contributed by atoms with van der Waals surface area (Å²) >= 11 is 0. The van der Waals surface area contributed by atoms with Crippen LogP contribution in [0.3, 0.4) is 0 Å². The summed E-state index contributed by atoms with van der Waals surface area (Å²) < 4.78 is 18.6. The molecular weight excluding hydrogens is 2020 g/mol. The number of benzene rings is 9. The van der Waals surface area contributed by atoms with E-state index in [9.17, 15) is 14.4 Å². The molecule has 3 radical (unpaired) electrons. The zero-order chi connectivity index (χ0) is 84.0. The fourth-order valence-electron chi connectivity index (χ4n) is 13.1. The van der Waals surface area contributed by atoms with Gasteiger partial charge in [0.05, 0.1) is 33.8 Å². The summed E-state index contributed by atoms with van der Waals surface area (Å²) in [6, 6.07) is 99.9. The van der Waals surface area contributed by atoms with E-state index < -0.39 is 0 Å². The third-order valence-corrected chi connectivity index (χ3v) is 19.0. The van der Waals surface area contributed by atoms with Crippen LogP contribution in [0.15, 0.2) is 310 Å². The van der Waals surface area contributed by atoms with E-state index in [4.69, 9.17) is 43.5 Å². The van der Waals surface area contributed by atoms with Gasteiger partial charge < -0.3 is 28.6 Å². The van der Waals surface area contributed by atoms with Crippen LogP contribution in [-0.4, -0.2) is 47.6 Å². The molecule has 0 aliphatic heterocycles. The molecule has 0 amide bonds. The topological polar surface area (TPSA) is 190 Å². The molecule has 621 valence electrons. The second kappa shape index (κ2) is 45.7. The first-order valence-electron chi connectivity index (χ1n) is 39.5. The van der Waals surface area contributed by atoms with Gasteiger partial charge in [-0.05, 0) is 163 Å². The Labute approximate surface area is 746 Å². The zero-order valence-corrected chi connectivity index (χ0v) is 77.8. The number of hydrogen-bond donors (Lipinski definition) is 3. The first-order valence-corrected chi connectivity index (χ1v) is 39.5. The summed E-state index contributed by atoms with van der Waals surface area (Å²) in [4.78, 5) is 44.8. The maximum Gasteiger partial charge on any atom is 0.155 e. The van der Waals surface area contributed by atoms with Gasteiger partial charge in [0, 0.05) is 113 Å². The Balaban J connectivity index is 0.000000219. The van der Waals surface area contributed by atoms with Crippen molar-refractivity contribution in [3.63, 3.8) is 0 Å². The van der Waals surface area contributed by atoms with Crippen molar-refractivity contribution in [2.24, 2.45) is 0 Å². The van der Waals surface area contributed by atoms with Crippen LogP contribution in [0, 0.1) is 18.2 Å². The largest absolute Gasteiger partial charge is 0.512 e. The van der Waals surface area contributed by atoms with Crippen molar-refractivity contribution in [2.45, 2.75) is 140 Å². The quantitative estimate of drug-likeness (QED) is 0.0445. The number of furan rings is 3. The molecule has 120 heavy (non-hydrogen) atoms. The van der Waals surface area contributed by atoms with Crippen LogP contribution >= 0.6 is 0 Å².